The molecule has 6 heteroatoms. The lowest BCUT2D eigenvalue weighted by Crippen LogP contribution is -2.58. The van der Waals surface area contributed by atoms with E-state index in [0.29, 0.717) is 12.8 Å². The lowest BCUT2D eigenvalue weighted by molar-refractivity contribution is -0.146. The zero-order chi connectivity index (χ0) is 18.1. The van der Waals surface area contributed by atoms with Crippen LogP contribution in [0.5, 0.6) is 0 Å². The van der Waals surface area contributed by atoms with Crippen molar-refractivity contribution in [1.29, 1.82) is 0 Å². The Morgan fingerprint density at radius 3 is 1.43 bits per heavy atom. The molecule has 1 fully saturated rings. The van der Waals surface area contributed by atoms with Gasteiger partial charge in [0.25, 0.3) is 0 Å². The molecule has 1 aliphatic carbocycles. The van der Waals surface area contributed by atoms with Crippen molar-refractivity contribution >= 4 is 11.8 Å². The van der Waals surface area contributed by atoms with Gasteiger partial charge < -0.3 is 20.8 Å². The first-order valence-electron chi connectivity index (χ1n) is 8.37. The summed E-state index contributed by atoms with van der Waals surface area (Å²) < 4.78 is 0. The molecule has 0 spiro atoms. The van der Waals surface area contributed by atoms with E-state index < -0.39 is 28.7 Å². The van der Waals surface area contributed by atoms with E-state index >= 15 is 0 Å². The maximum atomic E-state index is 12.8. The van der Waals surface area contributed by atoms with Crippen molar-refractivity contribution in [2.75, 3.05) is 0 Å². The van der Waals surface area contributed by atoms with Crippen LogP contribution in [-0.2, 0) is 9.59 Å². The molecule has 0 aromatic rings. The smallest absolute Gasteiger partial charge is 0.236 e. The Balaban J connectivity index is 2.91. The van der Waals surface area contributed by atoms with Crippen LogP contribution in [0.15, 0.2) is 0 Å². The zero-order valence-corrected chi connectivity index (χ0v) is 15.2. The molecule has 0 radical (unpaired) electrons. The third-order valence-corrected chi connectivity index (χ3v) is 5.14. The topological polar surface area (TPSA) is 98.7 Å². The standard InChI is InChI=1S/C17H32N2O4/c1-11(15(3,4)22)18-13(20)17(9-7-8-10-17)14(21)19-12(2)16(5,6)23/h11-12,22-23H,7-10H2,1-6H3,(H,18,20)(H,19,21)/t11-,12-/m1/s1. The van der Waals surface area contributed by atoms with Crippen LogP contribution in [0.4, 0.5) is 0 Å². The van der Waals surface area contributed by atoms with E-state index in [4.69, 9.17) is 0 Å². The van der Waals surface area contributed by atoms with Crippen molar-refractivity contribution in [2.45, 2.75) is 90.5 Å². The highest BCUT2D eigenvalue weighted by atomic mass is 16.3. The largest absolute Gasteiger partial charge is 0.388 e. The summed E-state index contributed by atoms with van der Waals surface area (Å²) in [7, 11) is 0. The van der Waals surface area contributed by atoms with E-state index in [1.54, 1.807) is 41.5 Å². The Morgan fingerprint density at radius 1 is 0.870 bits per heavy atom. The Bertz CT molecular complexity index is 406. The Hall–Kier alpha value is -1.14. The summed E-state index contributed by atoms with van der Waals surface area (Å²) in [5.41, 5.74) is -3.24. The lowest BCUT2D eigenvalue weighted by atomic mass is 9.82. The van der Waals surface area contributed by atoms with E-state index in [-0.39, 0.29) is 11.8 Å². The number of hydrogen-bond donors (Lipinski definition) is 4. The molecule has 1 rings (SSSR count). The Morgan fingerprint density at radius 2 is 1.17 bits per heavy atom. The SMILES string of the molecule is C[C@@H](NC(=O)C1(C(=O)N[C@H](C)C(C)(C)O)CCCC1)C(C)(C)O. The highest BCUT2D eigenvalue weighted by Crippen LogP contribution is 2.39. The maximum absolute atomic E-state index is 12.8. The van der Waals surface area contributed by atoms with Crippen LogP contribution >= 0.6 is 0 Å². The van der Waals surface area contributed by atoms with Gasteiger partial charge in [-0.25, -0.2) is 0 Å². The molecule has 0 unspecified atom stereocenters. The fraction of sp³-hybridized carbons (Fsp3) is 0.882. The van der Waals surface area contributed by atoms with E-state index in [2.05, 4.69) is 10.6 Å². The van der Waals surface area contributed by atoms with Crippen LogP contribution in [0.3, 0.4) is 0 Å². The number of carbonyl (C=O) groups excluding carboxylic acids is 2. The van der Waals surface area contributed by atoms with Gasteiger partial charge in [-0.1, -0.05) is 12.8 Å². The van der Waals surface area contributed by atoms with Crippen molar-refractivity contribution in [2.24, 2.45) is 5.41 Å². The van der Waals surface area contributed by atoms with Gasteiger partial charge in [-0.05, 0) is 54.4 Å². The number of hydrogen-bond acceptors (Lipinski definition) is 4. The normalized spacial score (nSPS) is 20.7. The zero-order valence-electron chi connectivity index (χ0n) is 15.2. The molecule has 2 atom stereocenters. The van der Waals surface area contributed by atoms with E-state index in [9.17, 15) is 19.8 Å². The number of nitrogens with one attached hydrogen (secondary N) is 2. The fourth-order valence-corrected chi connectivity index (χ4v) is 2.56. The predicted octanol–water partition coefficient (Wildman–Crippen LogP) is 1.10. The van der Waals surface area contributed by atoms with Gasteiger partial charge in [-0.2, -0.15) is 0 Å². The summed E-state index contributed by atoms with van der Waals surface area (Å²) in [4.78, 5) is 25.5. The molecule has 0 aliphatic heterocycles. The van der Waals surface area contributed by atoms with Crippen LogP contribution in [0.25, 0.3) is 0 Å². The first-order chi connectivity index (χ1) is 10.3. The van der Waals surface area contributed by atoms with Gasteiger partial charge in [0, 0.05) is 0 Å². The third kappa shape index (κ3) is 4.67. The molecule has 0 bridgehead atoms. The summed E-state index contributed by atoms with van der Waals surface area (Å²) >= 11 is 0. The van der Waals surface area contributed by atoms with Crippen molar-refractivity contribution in [3.05, 3.63) is 0 Å². The average Bonchev–Trinajstić information content (AvgIpc) is 2.86. The average molecular weight is 328 g/mol. The molecule has 4 N–H and O–H groups in total. The molecule has 1 aliphatic rings. The minimum absolute atomic E-state index is 0.343. The van der Waals surface area contributed by atoms with Crippen LogP contribution in [-0.4, -0.2) is 45.3 Å². The number of carbonyl (C=O) groups is 2. The molecule has 23 heavy (non-hydrogen) atoms. The maximum Gasteiger partial charge on any atom is 0.236 e. The van der Waals surface area contributed by atoms with Crippen LogP contribution in [0.1, 0.15) is 67.2 Å². The second-order valence-electron chi connectivity index (χ2n) is 7.99. The lowest BCUT2D eigenvalue weighted by Gasteiger charge is -2.35. The minimum atomic E-state index is -1.11. The Labute approximate surface area is 139 Å². The molecule has 2 amide bonds. The first kappa shape index (κ1) is 19.9. The molecular formula is C17H32N2O4. The molecule has 134 valence electrons. The number of amides is 2. The molecular weight excluding hydrogens is 296 g/mol. The van der Waals surface area contributed by atoms with Gasteiger partial charge in [-0.3, -0.25) is 9.59 Å². The summed E-state index contributed by atoms with van der Waals surface area (Å²) in [5.74, 6) is -0.685. The molecule has 1 saturated carbocycles. The fourth-order valence-electron chi connectivity index (χ4n) is 2.56. The quantitative estimate of drug-likeness (QED) is 0.549. The first-order valence-corrected chi connectivity index (χ1v) is 8.37. The summed E-state index contributed by atoms with van der Waals surface area (Å²) in [6, 6.07) is -0.932. The number of rotatable bonds is 6. The van der Waals surface area contributed by atoms with Gasteiger partial charge in [0.15, 0.2) is 0 Å². The molecule has 0 heterocycles. The summed E-state index contributed by atoms with van der Waals surface area (Å²) in [6.07, 6.45) is 2.60. The van der Waals surface area contributed by atoms with Crippen molar-refractivity contribution in [3.63, 3.8) is 0 Å². The highest BCUT2D eigenvalue weighted by molar-refractivity contribution is 6.05. The molecule has 6 nitrogen and oxygen atoms in total. The van der Waals surface area contributed by atoms with Gasteiger partial charge >= 0.3 is 0 Å². The van der Waals surface area contributed by atoms with Gasteiger partial charge in [0.1, 0.15) is 5.41 Å². The number of aliphatic hydroxyl groups is 2. The van der Waals surface area contributed by atoms with Crippen LogP contribution in [0.2, 0.25) is 0 Å². The highest BCUT2D eigenvalue weighted by Gasteiger charge is 2.49. The minimum Gasteiger partial charge on any atom is -0.388 e. The third-order valence-electron chi connectivity index (χ3n) is 5.14. The van der Waals surface area contributed by atoms with E-state index in [0.717, 1.165) is 12.8 Å². The van der Waals surface area contributed by atoms with Crippen LogP contribution in [0, 0.1) is 5.41 Å². The second kappa shape index (κ2) is 6.77. The second-order valence-corrected chi connectivity index (χ2v) is 7.99. The molecule has 0 aromatic carbocycles. The van der Waals surface area contributed by atoms with Gasteiger partial charge in [-0.15, -0.1) is 0 Å². The summed E-state index contributed by atoms with van der Waals surface area (Å²) in [6.45, 7) is 9.92. The van der Waals surface area contributed by atoms with Crippen molar-refractivity contribution in [3.8, 4) is 0 Å². The van der Waals surface area contributed by atoms with Gasteiger partial charge in [0.05, 0.1) is 23.3 Å². The Kier molecular flexibility index (Phi) is 5.86. The van der Waals surface area contributed by atoms with E-state index in [1.807, 2.05) is 0 Å². The molecule has 0 aromatic heterocycles. The predicted molar refractivity (Wildman–Crippen MR) is 88.7 cm³/mol. The van der Waals surface area contributed by atoms with E-state index in [1.165, 1.54) is 0 Å². The van der Waals surface area contributed by atoms with Gasteiger partial charge in [0.2, 0.25) is 11.8 Å². The summed E-state index contributed by atoms with van der Waals surface area (Å²) in [5, 5.41) is 25.6. The van der Waals surface area contributed by atoms with Crippen molar-refractivity contribution < 1.29 is 19.8 Å². The van der Waals surface area contributed by atoms with Crippen molar-refractivity contribution in [1.82, 2.24) is 10.6 Å². The molecule has 0 saturated heterocycles. The van der Waals surface area contributed by atoms with Crippen LogP contribution < -0.4 is 10.6 Å². The monoisotopic (exact) mass is 328 g/mol.